The average Bonchev–Trinajstić information content (AvgIpc) is 2.74. The van der Waals surface area contributed by atoms with Crippen LogP contribution in [-0.4, -0.2) is 5.78 Å². The second kappa shape index (κ2) is 8.67. The van der Waals surface area contributed by atoms with Gasteiger partial charge in [0, 0.05) is 23.4 Å². The molecule has 0 radical (unpaired) electrons. The van der Waals surface area contributed by atoms with Gasteiger partial charge in [-0.05, 0) is 30.0 Å². The maximum atomic E-state index is 12.8. The van der Waals surface area contributed by atoms with Crippen molar-refractivity contribution in [1.29, 1.82) is 5.26 Å². The predicted octanol–water partition coefficient (Wildman–Crippen LogP) is 6.36. The molecule has 2 aliphatic rings. The molecule has 2 aromatic rings. The zero-order valence-electron chi connectivity index (χ0n) is 15.5. The van der Waals surface area contributed by atoms with Crippen LogP contribution in [0.3, 0.4) is 0 Å². The van der Waals surface area contributed by atoms with Gasteiger partial charge in [-0.25, -0.2) is 0 Å². The summed E-state index contributed by atoms with van der Waals surface area (Å²) in [6, 6.07) is 17.8. The molecule has 0 unspecified atom stereocenters. The lowest BCUT2D eigenvalue weighted by atomic mass is 9.77. The van der Waals surface area contributed by atoms with Crippen LogP contribution in [0.15, 0.2) is 70.4 Å². The Hall–Kier alpha value is -2.19. The molecule has 0 aromatic heterocycles. The number of halogens is 2. The standard InChI is InChI=1S/C23H18Cl2N2OS/c24-17-9-4-8-15(22(17)25)20-16(12-26)23(29-13-14-6-2-1-3-7-14)27-18-10-5-11-19(28)21(18)20/h1-4,6-9,20,27H,5,10-11,13H2/t20-/m0/s1. The molecule has 0 amide bonds. The fourth-order valence-corrected chi connectivity index (χ4v) is 5.26. The molecule has 1 aliphatic heterocycles. The minimum atomic E-state index is -0.492. The van der Waals surface area contributed by atoms with Crippen molar-refractivity contribution in [2.24, 2.45) is 0 Å². The van der Waals surface area contributed by atoms with Crippen LogP contribution in [0.4, 0.5) is 0 Å². The molecule has 29 heavy (non-hydrogen) atoms. The highest BCUT2D eigenvalue weighted by atomic mass is 35.5. The van der Waals surface area contributed by atoms with Gasteiger partial charge >= 0.3 is 0 Å². The van der Waals surface area contributed by atoms with E-state index in [-0.39, 0.29) is 5.78 Å². The minimum Gasteiger partial charge on any atom is -0.352 e. The smallest absolute Gasteiger partial charge is 0.161 e. The Morgan fingerprint density at radius 1 is 1.10 bits per heavy atom. The van der Waals surface area contributed by atoms with Crippen LogP contribution in [-0.2, 0) is 10.5 Å². The lowest BCUT2D eigenvalue weighted by molar-refractivity contribution is -0.116. The molecule has 1 heterocycles. The molecule has 1 N–H and O–H groups in total. The molecule has 0 fully saturated rings. The number of carbonyl (C=O) groups excluding carboxylic acids is 1. The first-order valence-electron chi connectivity index (χ1n) is 9.38. The Kier molecular flexibility index (Phi) is 6.01. The first kappa shape index (κ1) is 20.1. The summed E-state index contributed by atoms with van der Waals surface area (Å²) in [5.41, 5.74) is 3.95. The summed E-state index contributed by atoms with van der Waals surface area (Å²) in [4.78, 5) is 12.8. The van der Waals surface area contributed by atoms with Gasteiger partial charge in [0.25, 0.3) is 0 Å². The summed E-state index contributed by atoms with van der Waals surface area (Å²) >= 11 is 14.4. The molecule has 3 nitrogen and oxygen atoms in total. The Morgan fingerprint density at radius 3 is 2.66 bits per heavy atom. The lowest BCUT2D eigenvalue weighted by Gasteiger charge is -2.33. The van der Waals surface area contributed by atoms with E-state index in [0.717, 1.165) is 29.3 Å². The van der Waals surface area contributed by atoms with E-state index < -0.39 is 5.92 Å². The number of dihydropyridines is 1. The van der Waals surface area contributed by atoms with E-state index in [4.69, 9.17) is 23.2 Å². The van der Waals surface area contributed by atoms with Gasteiger partial charge in [0.1, 0.15) is 0 Å². The Balaban J connectivity index is 1.80. The average molecular weight is 441 g/mol. The van der Waals surface area contributed by atoms with Crippen LogP contribution in [0, 0.1) is 11.3 Å². The molecule has 6 heteroatoms. The molecule has 1 atom stereocenters. The van der Waals surface area contributed by atoms with Crippen LogP contribution in [0.25, 0.3) is 0 Å². The quantitative estimate of drug-likeness (QED) is 0.600. The molecule has 2 aromatic carbocycles. The van der Waals surface area contributed by atoms with Crippen molar-refractivity contribution in [1.82, 2.24) is 5.32 Å². The number of nitrogens with one attached hydrogen (secondary N) is 1. The molecule has 0 saturated heterocycles. The third-order valence-electron chi connectivity index (χ3n) is 5.18. The Morgan fingerprint density at radius 2 is 1.90 bits per heavy atom. The van der Waals surface area contributed by atoms with Gasteiger partial charge in [-0.15, -0.1) is 11.8 Å². The topological polar surface area (TPSA) is 52.9 Å². The van der Waals surface area contributed by atoms with Crippen LogP contribution in [0.2, 0.25) is 10.0 Å². The van der Waals surface area contributed by atoms with E-state index in [9.17, 15) is 10.1 Å². The Bertz CT molecular complexity index is 1070. The van der Waals surface area contributed by atoms with Gasteiger partial charge in [0.15, 0.2) is 5.78 Å². The van der Waals surface area contributed by atoms with Crippen molar-refractivity contribution in [2.75, 3.05) is 0 Å². The molecular formula is C23H18Cl2N2OS. The third kappa shape index (κ3) is 3.96. The van der Waals surface area contributed by atoms with Crippen molar-refractivity contribution in [2.45, 2.75) is 30.9 Å². The number of hydrogen-bond acceptors (Lipinski definition) is 4. The van der Waals surface area contributed by atoms with Crippen LogP contribution in [0.1, 0.15) is 36.3 Å². The summed E-state index contributed by atoms with van der Waals surface area (Å²) in [6.07, 6.45) is 2.07. The number of carbonyl (C=O) groups is 1. The summed E-state index contributed by atoms with van der Waals surface area (Å²) in [5, 5.41) is 15.0. The van der Waals surface area contributed by atoms with Crippen molar-refractivity contribution < 1.29 is 4.79 Å². The summed E-state index contributed by atoms with van der Waals surface area (Å²) in [7, 11) is 0. The number of nitriles is 1. The highest BCUT2D eigenvalue weighted by Gasteiger charge is 2.38. The zero-order valence-corrected chi connectivity index (χ0v) is 17.9. The van der Waals surface area contributed by atoms with Gasteiger partial charge in [0.05, 0.1) is 32.6 Å². The number of ketones is 1. The minimum absolute atomic E-state index is 0.0691. The van der Waals surface area contributed by atoms with E-state index in [1.54, 1.807) is 17.8 Å². The maximum absolute atomic E-state index is 12.8. The summed E-state index contributed by atoms with van der Waals surface area (Å²) in [5.74, 6) is 0.300. The number of allylic oxidation sites excluding steroid dienone is 3. The molecule has 0 saturated carbocycles. The van der Waals surface area contributed by atoms with Crippen LogP contribution < -0.4 is 5.32 Å². The second-order valence-electron chi connectivity index (χ2n) is 7.00. The summed E-state index contributed by atoms with van der Waals surface area (Å²) in [6.45, 7) is 0. The number of Topliss-reactive ketones (excluding diaryl/α,β-unsaturated/α-hetero) is 1. The zero-order chi connectivity index (χ0) is 20.4. The van der Waals surface area contributed by atoms with E-state index >= 15 is 0 Å². The maximum Gasteiger partial charge on any atom is 0.161 e. The van der Waals surface area contributed by atoms with Gasteiger partial charge in [0.2, 0.25) is 0 Å². The molecule has 4 rings (SSSR count). The first-order valence-corrected chi connectivity index (χ1v) is 11.1. The van der Waals surface area contributed by atoms with Gasteiger partial charge < -0.3 is 5.32 Å². The fraction of sp³-hybridized carbons (Fsp3) is 0.217. The number of rotatable bonds is 4. The van der Waals surface area contributed by atoms with Crippen molar-refractivity contribution in [3.05, 3.63) is 91.6 Å². The van der Waals surface area contributed by atoms with E-state index in [2.05, 4.69) is 23.5 Å². The number of hydrogen-bond donors (Lipinski definition) is 1. The number of benzene rings is 2. The van der Waals surface area contributed by atoms with Crippen molar-refractivity contribution in [3.63, 3.8) is 0 Å². The summed E-state index contributed by atoms with van der Waals surface area (Å²) < 4.78 is 0. The highest BCUT2D eigenvalue weighted by molar-refractivity contribution is 8.02. The normalized spacial score (nSPS) is 18.9. The van der Waals surface area contributed by atoms with Crippen LogP contribution >= 0.6 is 35.0 Å². The lowest BCUT2D eigenvalue weighted by Crippen LogP contribution is -2.31. The van der Waals surface area contributed by atoms with E-state index in [1.807, 2.05) is 30.3 Å². The van der Waals surface area contributed by atoms with E-state index in [1.165, 1.54) is 5.56 Å². The first-order chi connectivity index (χ1) is 14.1. The number of nitrogens with zero attached hydrogens (tertiary/aromatic N) is 1. The van der Waals surface area contributed by atoms with Crippen molar-refractivity contribution >= 4 is 40.7 Å². The molecule has 1 aliphatic carbocycles. The fourth-order valence-electron chi connectivity index (χ4n) is 3.82. The van der Waals surface area contributed by atoms with Gasteiger partial charge in [-0.1, -0.05) is 65.7 Å². The molecular weight excluding hydrogens is 423 g/mol. The predicted molar refractivity (Wildman–Crippen MR) is 119 cm³/mol. The Labute approximate surface area is 184 Å². The van der Waals surface area contributed by atoms with Crippen LogP contribution in [0.5, 0.6) is 0 Å². The monoisotopic (exact) mass is 440 g/mol. The molecule has 0 spiro atoms. The number of thioether (sulfide) groups is 1. The second-order valence-corrected chi connectivity index (χ2v) is 8.77. The molecule has 0 bridgehead atoms. The van der Waals surface area contributed by atoms with E-state index in [0.29, 0.717) is 33.2 Å². The highest BCUT2D eigenvalue weighted by Crippen LogP contribution is 2.47. The molecule has 146 valence electrons. The third-order valence-corrected chi connectivity index (χ3v) is 7.10. The largest absolute Gasteiger partial charge is 0.352 e. The van der Waals surface area contributed by atoms with Crippen molar-refractivity contribution in [3.8, 4) is 6.07 Å². The van der Waals surface area contributed by atoms with Gasteiger partial charge in [-0.2, -0.15) is 5.26 Å². The SMILES string of the molecule is N#CC1=C(SCc2ccccc2)NC2=C(C(=O)CCC2)[C@H]1c1cccc(Cl)c1Cl. The van der Waals surface area contributed by atoms with Gasteiger partial charge in [-0.3, -0.25) is 4.79 Å².